The minimum atomic E-state index is 0.114. The van der Waals surface area contributed by atoms with Crippen LogP contribution in [0.2, 0.25) is 0 Å². The van der Waals surface area contributed by atoms with Crippen LogP contribution in [0.3, 0.4) is 0 Å². The summed E-state index contributed by atoms with van der Waals surface area (Å²) in [5.74, 6) is 0. The molecule has 2 rings (SSSR count). The Morgan fingerprint density at radius 1 is 1.27 bits per heavy atom. The van der Waals surface area contributed by atoms with Gasteiger partial charge in [-0.15, -0.1) is 0 Å². The zero-order chi connectivity index (χ0) is 10.6. The van der Waals surface area contributed by atoms with E-state index in [-0.39, 0.29) is 5.60 Å². The summed E-state index contributed by atoms with van der Waals surface area (Å²) in [5, 5.41) is 3.45. The lowest BCUT2D eigenvalue weighted by atomic mass is 9.84. The fourth-order valence-electron chi connectivity index (χ4n) is 2.52. The molecule has 0 spiro atoms. The third-order valence-electron chi connectivity index (χ3n) is 3.49. The van der Waals surface area contributed by atoms with Crippen LogP contribution in [0.1, 0.15) is 39.0 Å². The van der Waals surface area contributed by atoms with Gasteiger partial charge in [-0.25, -0.2) is 0 Å². The van der Waals surface area contributed by atoms with Crippen LogP contribution in [0.25, 0.3) is 0 Å². The molecule has 0 radical (unpaired) electrons. The molecule has 0 aromatic rings. The second kappa shape index (κ2) is 5.28. The molecule has 3 nitrogen and oxygen atoms in total. The average Bonchev–Trinajstić information content (AvgIpc) is 2.23. The predicted molar refractivity (Wildman–Crippen MR) is 60.1 cm³/mol. The van der Waals surface area contributed by atoms with Gasteiger partial charge in [0, 0.05) is 6.54 Å². The maximum absolute atomic E-state index is 6.23. The quantitative estimate of drug-likeness (QED) is 0.754. The number of likely N-dealkylation sites (N-methyl/N-ethyl adjacent to an activating group) is 1. The van der Waals surface area contributed by atoms with E-state index in [1.807, 2.05) is 0 Å². The van der Waals surface area contributed by atoms with Gasteiger partial charge in [-0.2, -0.15) is 0 Å². The number of hydrogen-bond donors (Lipinski definition) is 1. The molecule has 1 aliphatic carbocycles. The van der Waals surface area contributed by atoms with E-state index in [0.717, 1.165) is 26.3 Å². The maximum Gasteiger partial charge on any atom is 0.105 e. The summed E-state index contributed by atoms with van der Waals surface area (Å²) in [6, 6.07) is 0. The van der Waals surface area contributed by atoms with Gasteiger partial charge in [-0.3, -0.25) is 0 Å². The fraction of sp³-hybridized carbons (Fsp3) is 1.00. The van der Waals surface area contributed by atoms with Gasteiger partial charge in [0.2, 0.25) is 0 Å². The van der Waals surface area contributed by atoms with Crippen molar-refractivity contribution in [3.05, 3.63) is 0 Å². The van der Waals surface area contributed by atoms with E-state index in [9.17, 15) is 0 Å². The molecule has 1 aliphatic heterocycles. The Bertz CT molecular complexity index is 186. The van der Waals surface area contributed by atoms with Gasteiger partial charge in [0.25, 0.3) is 0 Å². The largest absolute Gasteiger partial charge is 0.376 e. The van der Waals surface area contributed by atoms with Crippen molar-refractivity contribution in [2.45, 2.75) is 50.7 Å². The molecule has 88 valence electrons. The molecule has 0 aromatic carbocycles. The van der Waals surface area contributed by atoms with Crippen LogP contribution in [0.15, 0.2) is 0 Å². The normalized spacial score (nSPS) is 26.2. The monoisotopic (exact) mass is 213 g/mol. The smallest absolute Gasteiger partial charge is 0.105 e. The van der Waals surface area contributed by atoms with Crippen LogP contribution in [0.4, 0.5) is 0 Å². The maximum atomic E-state index is 6.23. The lowest BCUT2D eigenvalue weighted by Gasteiger charge is -2.42. The van der Waals surface area contributed by atoms with E-state index in [4.69, 9.17) is 9.47 Å². The van der Waals surface area contributed by atoms with Gasteiger partial charge in [0.05, 0.1) is 18.8 Å². The molecule has 0 amide bonds. The molecule has 0 atom stereocenters. The minimum Gasteiger partial charge on any atom is -0.376 e. The van der Waals surface area contributed by atoms with Crippen LogP contribution in [0.5, 0.6) is 0 Å². The van der Waals surface area contributed by atoms with Gasteiger partial charge in [-0.1, -0.05) is 26.2 Å². The van der Waals surface area contributed by atoms with Crippen molar-refractivity contribution >= 4 is 0 Å². The van der Waals surface area contributed by atoms with E-state index in [1.165, 1.54) is 32.1 Å². The minimum absolute atomic E-state index is 0.114. The van der Waals surface area contributed by atoms with Crippen molar-refractivity contribution < 1.29 is 9.47 Å². The number of rotatable bonds is 5. The van der Waals surface area contributed by atoms with E-state index in [2.05, 4.69) is 12.2 Å². The molecular weight excluding hydrogens is 190 g/mol. The Balaban J connectivity index is 1.86. The molecule has 2 fully saturated rings. The van der Waals surface area contributed by atoms with Crippen molar-refractivity contribution in [2.75, 3.05) is 26.3 Å². The molecule has 1 saturated carbocycles. The highest BCUT2D eigenvalue weighted by Gasteiger charge is 2.37. The van der Waals surface area contributed by atoms with Crippen LogP contribution >= 0.6 is 0 Å². The van der Waals surface area contributed by atoms with Crippen molar-refractivity contribution in [3.63, 3.8) is 0 Å². The zero-order valence-corrected chi connectivity index (χ0v) is 9.76. The Morgan fingerprint density at radius 3 is 2.53 bits per heavy atom. The molecular formula is C12H23NO2. The number of nitrogens with one attached hydrogen (secondary N) is 1. The zero-order valence-electron chi connectivity index (χ0n) is 9.76. The first-order valence-electron chi connectivity index (χ1n) is 6.31. The predicted octanol–water partition coefficient (Wildman–Crippen LogP) is 1.71. The second-order valence-corrected chi connectivity index (χ2v) is 4.80. The standard InChI is InChI=1S/C12H23NO2/c1-2-13-10-12(6-4-3-5-7-12)15-11-8-14-9-11/h11,13H,2-10H2,1H3. The molecule has 1 heterocycles. The van der Waals surface area contributed by atoms with Crippen molar-refractivity contribution in [2.24, 2.45) is 0 Å². The summed E-state index contributed by atoms with van der Waals surface area (Å²) in [6.45, 7) is 5.80. The Kier molecular flexibility index (Phi) is 4.00. The van der Waals surface area contributed by atoms with Crippen LogP contribution in [0, 0.1) is 0 Å². The lowest BCUT2D eigenvalue weighted by Crippen LogP contribution is -2.51. The summed E-state index contributed by atoms with van der Waals surface area (Å²) in [5.41, 5.74) is 0.114. The first-order chi connectivity index (χ1) is 7.35. The molecule has 0 aromatic heterocycles. The Hall–Kier alpha value is -0.120. The van der Waals surface area contributed by atoms with Crippen molar-refractivity contribution in [1.82, 2.24) is 5.32 Å². The Morgan fingerprint density at radius 2 is 2.00 bits per heavy atom. The third kappa shape index (κ3) is 2.92. The third-order valence-corrected chi connectivity index (χ3v) is 3.49. The van der Waals surface area contributed by atoms with Gasteiger partial charge < -0.3 is 14.8 Å². The van der Waals surface area contributed by atoms with Crippen LogP contribution in [-0.4, -0.2) is 38.0 Å². The van der Waals surface area contributed by atoms with E-state index < -0.39 is 0 Å². The molecule has 1 saturated heterocycles. The highest BCUT2D eigenvalue weighted by molar-refractivity contribution is 4.88. The van der Waals surface area contributed by atoms with Gasteiger partial charge in [0.1, 0.15) is 6.10 Å². The molecule has 1 N–H and O–H groups in total. The van der Waals surface area contributed by atoms with Gasteiger partial charge in [0.15, 0.2) is 0 Å². The summed E-state index contributed by atoms with van der Waals surface area (Å²) in [7, 11) is 0. The van der Waals surface area contributed by atoms with Gasteiger partial charge in [-0.05, 0) is 19.4 Å². The van der Waals surface area contributed by atoms with Gasteiger partial charge >= 0.3 is 0 Å². The van der Waals surface area contributed by atoms with Crippen molar-refractivity contribution in [1.29, 1.82) is 0 Å². The molecule has 3 heteroatoms. The first kappa shape index (κ1) is 11.4. The SMILES string of the molecule is CCNCC1(OC2COC2)CCCCC1. The van der Waals surface area contributed by atoms with Crippen LogP contribution < -0.4 is 5.32 Å². The highest BCUT2D eigenvalue weighted by atomic mass is 16.6. The molecule has 0 bridgehead atoms. The number of ether oxygens (including phenoxy) is 2. The average molecular weight is 213 g/mol. The lowest BCUT2D eigenvalue weighted by molar-refractivity contribution is -0.200. The Labute approximate surface area is 92.5 Å². The first-order valence-corrected chi connectivity index (χ1v) is 6.31. The van der Waals surface area contributed by atoms with E-state index >= 15 is 0 Å². The summed E-state index contributed by atoms with van der Waals surface area (Å²) in [4.78, 5) is 0. The highest BCUT2D eigenvalue weighted by Crippen LogP contribution is 2.33. The number of hydrogen-bond acceptors (Lipinski definition) is 3. The second-order valence-electron chi connectivity index (χ2n) is 4.80. The van der Waals surface area contributed by atoms with E-state index in [0.29, 0.717) is 6.10 Å². The summed E-state index contributed by atoms with van der Waals surface area (Å²) < 4.78 is 11.4. The summed E-state index contributed by atoms with van der Waals surface area (Å²) in [6.07, 6.45) is 6.81. The van der Waals surface area contributed by atoms with Crippen molar-refractivity contribution in [3.8, 4) is 0 Å². The fourth-order valence-corrected chi connectivity index (χ4v) is 2.52. The van der Waals surface area contributed by atoms with Crippen LogP contribution in [-0.2, 0) is 9.47 Å². The molecule has 2 aliphatic rings. The summed E-state index contributed by atoms with van der Waals surface area (Å²) >= 11 is 0. The topological polar surface area (TPSA) is 30.5 Å². The molecule has 15 heavy (non-hydrogen) atoms. The van der Waals surface area contributed by atoms with E-state index in [1.54, 1.807) is 0 Å². The molecule has 0 unspecified atom stereocenters.